The van der Waals surface area contributed by atoms with E-state index in [9.17, 15) is 0 Å². The Kier molecular flexibility index (Phi) is 2.93. The zero-order valence-electron chi connectivity index (χ0n) is 8.99. The molecule has 0 aliphatic heterocycles. The molecule has 1 heterocycles. The van der Waals surface area contributed by atoms with Gasteiger partial charge in [-0.3, -0.25) is 0 Å². The van der Waals surface area contributed by atoms with Crippen molar-refractivity contribution in [3.8, 4) is 0 Å². The molecule has 1 aliphatic carbocycles. The second kappa shape index (κ2) is 4.03. The van der Waals surface area contributed by atoms with Crippen molar-refractivity contribution >= 4 is 11.3 Å². The second-order valence-corrected chi connectivity index (χ2v) is 5.60. The van der Waals surface area contributed by atoms with Crippen LogP contribution in [-0.4, -0.2) is 6.04 Å². The lowest BCUT2D eigenvalue weighted by Gasteiger charge is -2.32. The van der Waals surface area contributed by atoms with Gasteiger partial charge >= 0.3 is 0 Å². The maximum absolute atomic E-state index is 6.21. The van der Waals surface area contributed by atoms with E-state index in [1.807, 2.05) is 11.3 Å². The molecule has 0 radical (unpaired) electrons. The van der Waals surface area contributed by atoms with E-state index in [4.69, 9.17) is 5.73 Å². The SMILES string of the molecule is Cc1ccsc1C1CC(C)CCC1N. The number of thiophene rings is 1. The highest BCUT2D eigenvalue weighted by Crippen LogP contribution is 2.38. The summed E-state index contributed by atoms with van der Waals surface area (Å²) in [7, 11) is 0. The Morgan fingerprint density at radius 1 is 1.43 bits per heavy atom. The van der Waals surface area contributed by atoms with Gasteiger partial charge in [-0.25, -0.2) is 0 Å². The second-order valence-electron chi connectivity index (χ2n) is 4.66. The summed E-state index contributed by atoms with van der Waals surface area (Å²) in [4.78, 5) is 1.53. The summed E-state index contributed by atoms with van der Waals surface area (Å²) in [5, 5.41) is 2.19. The molecule has 1 aromatic heterocycles. The molecule has 0 amide bonds. The van der Waals surface area contributed by atoms with Crippen LogP contribution in [0.2, 0.25) is 0 Å². The molecule has 0 saturated heterocycles. The Morgan fingerprint density at radius 2 is 2.21 bits per heavy atom. The number of hydrogen-bond acceptors (Lipinski definition) is 2. The van der Waals surface area contributed by atoms with Gasteiger partial charge in [0.05, 0.1) is 0 Å². The van der Waals surface area contributed by atoms with Gasteiger partial charge in [0.15, 0.2) is 0 Å². The van der Waals surface area contributed by atoms with Gasteiger partial charge in [0.2, 0.25) is 0 Å². The fraction of sp³-hybridized carbons (Fsp3) is 0.667. The van der Waals surface area contributed by atoms with Gasteiger partial charge in [-0.2, -0.15) is 0 Å². The third-order valence-electron chi connectivity index (χ3n) is 3.40. The van der Waals surface area contributed by atoms with Crippen LogP contribution in [0, 0.1) is 12.8 Å². The quantitative estimate of drug-likeness (QED) is 0.754. The van der Waals surface area contributed by atoms with Gasteiger partial charge in [-0.15, -0.1) is 11.3 Å². The average Bonchev–Trinajstić information content (AvgIpc) is 2.56. The Labute approximate surface area is 90.3 Å². The molecule has 2 N–H and O–H groups in total. The summed E-state index contributed by atoms with van der Waals surface area (Å²) < 4.78 is 0. The molecule has 1 aliphatic rings. The number of nitrogens with two attached hydrogens (primary N) is 1. The zero-order valence-corrected chi connectivity index (χ0v) is 9.81. The van der Waals surface area contributed by atoms with E-state index >= 15 is 0 Å². The van der Waals surface area contributed by atoms with Crippen molar-refractivity contribution in [1.29, 1.82) is 0 Å². The third kappa shape index (κ3) is 1.86. The van der Waals surface area contributed by atoms with Crippen LogP contribution in [0.25, 0.3) is 0 Å². The maximum Gasteiger partial charge on any atom is 0.0121 e. The Morgan fingerprint density at radius 3 is 2.86 bits per heavy atom. The molecule has 0 spiro atoms. The van der Waals surface area contributed by atoms with E-state index < -0.39 is 0 Å². The number of aryl methyl sites for hydroxylation is 1. The molecule has 1 nitrogen and oxygen atoms in total. The highest BCUT2D eigenvalue weighted by atomic mass is 32.1. The summed E-state index contributed by atoms with van der Waals surface area (Å²) in [5.41, 5.74) is 7.64. The van der Waals surface area contributed by atoms with Crippen LogP contribution >= 0.6 is 11.3 Å². The van der Waals surface area contributed by atoms with Gasteiger partial charge in [-0.1, -0.05) is 6.92 Å². The van der Waals surface area contributed by atoms with E-state index in [0.29, 0.717) is 12.0 Å². The van der Waals surface area contributed by atoms with Crippen LogP contribution in [0.3, 0.4) is 0 Å². The van der Waals surface area contributed by atoms with E-state index in [1.54, 1.807) is 0 Å². The molecule has 2 rings (SSSR count). The maximum atomic E-state index is 6.21. The predicted octanol–water partition coefficient (Wildman–Crippen LogP) is 3.29. The standard InChI is InChI=1S/C12H19NS/c1-8-3-4-11(13)10(7-8)12-9(2)5-6-14-12/h5-6,8,10-11H,3-4,7,13H2,1-2H3. The lowest BCUT2D eigenvalue weighted by atomic mass is 9.78. The summed E-state index contributed by atoms with van der Waals surface area (Å²) in [5.74, 6) is 1.47. The van der Waals surface area contributed by atoms with Gasteiger partial charge < -0.3 is 5.73 Å². The van der Waals surface area contributed by atoms with Crippen LogP contribution in [0.4, 0.5) is 0 Å². The highest BCUT2D eigenvalue weighted by Gasteiger charge is 2.28. The Balaban J connectivity index is 2.20. The number of hydrogen-bond donors (Lipinski definition) is 1. The molecular weight excluding hydrogens is 190 g/mol. The first-order valence-electron chi connectivity index (χ1n) is 5.48. The fourth-order valence-electron chi connectivity index (χ4n) is 2.47. The summed E-state index contributed by atoms with van der Waals surface area (Å²) in [6.07, 6.45) is 3.79. The zero-order chi connectivity index (χ0) is 10.1. The van der Waals surface area contributed by atoms with Crippen LogP contribution < -0.4 is 5.73 Å². The monoisotopic (exact) mass is 209 g/mol. The van der Waals surface area contributed by atoms with Crippen LogP contribution in [0.1, 0.15) is 42.5 Å². The number of rotatable bonds is 1. The van der Waals surface area contributed by atoms with Crippen LogP contribution in [0.15, 0.2) is 11.4 Å². The lowest BCUT2D eigenvalue weighted by molar-refractivity contribution is 0.308. The van der Waals surface area contributed by atoms with Crippen LogP contribution in [0.5, 0.6) is 0 Å². The average molecular weight is 209 g/mol. The molecule has 1 fully saturated rings. The van der Waals surface area contributed by atoms with E-state index in [1.165, 1.54) is 29.7 Å². The molecule has 1 aromatic rings. The molecular formula is C12H19NS. The topological polar surface area (TPSA) is 26.0 Å². The minimum atomic E-state index is 0.392. The smallest absolute Gasteiger partial charge is 0.0121 e. The first-order valence-corrected chi connectivity index (χ1v) is 6.36. The van der Waals surface area contributed by atoms with Gasteiger partial charge in [0.1, 0.15) is 0 Å². The summed E-state index contributed by atoms with van der Waals surface area (Å²) in [6.45, 7) is 4.56. The van der Waals surface area contributed by atoms with E-state index in [-0.39, 0.29) is 0 Å². The molecule has 2 heteroatoms. The van der Waals surface area contributed by atoms with Crippen molar-refractivity contribution in [1.82, 2.24) is 0 Å². The summed E-state index contributed by atoms with van der Waals surface area (Å²) in [6, 6.07) is 2.61. The highest BCUT2D eigenvalue weighted by molar-refractivity contribution is 7.10. The Bertz CT molecular complexity index is 305. The first-order chi connectivity index (χ1) is 6.68. The minimum Gasteiger partial charge on any atom is -0.327 e. The molecule has 3 unspecified atom stereocenters. The predicted molar refractivity (Wildman–Crippen MR) is 62.8 cm³/mol. The van der Waals surface area contributed by atoms with Crippen molar-refractivity contribution < 1.29 is 0 Å². The fourth-order valence-corrected chi connectivity index (χ4v) is 3.59. The van der Waals surface area contributed by atoms with Crippen molar-refractivity contribution in [3.05, 3.63) is 21.9 Å². The van der Waals surface area contributed by atoms with Crippen LogP contribution in [-0.2, 0) is 0 Å². The largest absolute Gasteiger partial charge is 0.327 e. The van der Waals surface area contributed by atoms with E-state index in [2.05, 4.69) is 25.3 Å². The van der Waals surface area contributed by atoms with E-state index in [0.717, 1.165) is 5.92 Å². The van der Waals surface area contributed by atoms with Gasteiger partial charge in [0, 0.05) is 16.8 Å². The van der Waals surface area contributed by atoms with Gasteiger partial charge in [0.25, 0.3) is 0 Å². The van der Waals surface area contributed by atoms with Crippen molar-refractivity contribution in [2.75, 3.05) is 0 Å². The molecule has 3 atom stereocenters. The normalized spacial score (nSPS) is 33.2. The summed E-state index contributed by atoms with van der Waals surface area (Å²) >= 11 is 1.88. The molecule has 0 aromatic carbocycles. The van der Waals surface area contributed by atoms with Crippen molar-refractivity contribution in [2.45, 2.75) is 45.1 Å². The third-order valence-corrected chi connectivity index (χ3v) is 4.56. The minimum absolute atomic E-state index is 0.392. The lowest BCUT2D eigenvalue weighted by Crippen LogP contribution is -2.33. The Hall–Kier alpha value is -0.340. The molecule has 14 heavy (non-hydrogen) atoms. The van der Waals surface area contributed by atoms with Gasteiger partial charge in [-0.05, 0) is 49.1 Å². The van der Waals surface area contributed by atoms with Crippen molar-refractivity contribution in [3.63, 3.8) is 0 Å². The molecule has 1 saturated carbocycles. The van der Waals surface area contributed by atoms with Crippen molar-refractivity contribution in [2.24, 2.45) is 11.7 Å². The molecule has 0 bridgehead atoms. The first kappa shape index (κ1) is 10.2. The molecule has 78 valence electrons.